The fraction of sp³-hybridized carbons (Fsp3) is 0.312. The van der Waals surface area contributed by atoms with E-state index in [1.54, 1.807) is 0 Å². The van der Waals surface area contributed by atoms with Crippen LogP contribution in [-0.2, 0) is 11.3 Å². The van der Waals surface area contributed by atoms with Gasteiger partial charge in [0, 0.05) is 6.20 Å². The molecule has 0 aliphatic rings. The monoisotopic (exact) mass is 336 g/mol. The first-order valence-electron chi connectivity index (χ1n) is 7.28. The molecule has 1 aromatic heterocycles. The van der Waals surface area contributed by atoms with Gasteiger partial charge in [0.2, 0.25) is 0 Å². The summed E-state index contributed by atoms with van der Waals surface area (Å²) in [6.07, 6.45) is 0.944. The van der Waals surface area contributed by atoms with Crippen LogP contribution in [0, 0.1) is 5.82 Å². The third kappa shape index (κ3) is 3.77. The lowest BCUT2D eigenvalue weighted by atomic mass is 10.3. The second kappa shape index (κ2) is 7.22. The van der Waals surface area contributed by atoms with E-state index in [2.05, 4.69) is 0 Å². The van der Waals surface area contributed by atoms with E-state index in [-0.39, 0.29) is 24.9 Å². The summed E-state index contributed by atoms with van der Waals surface area (Å²) in [7, 11) is 0. The standard InChI is InChI=1S/C16H17FN2O5/c1-10(2)24-8-7-18-9-13(15(21)22)14(20)19(16(18)23)12-5-3-11(17)4-6-12/h3-6,9-10H,7-8H2,1-2H3,(H,21,22). The molecule has 128 valence electrons. The summed E-state index contributed by atoms with van der Waals surface area (Å²) in [4.78, 5) is 36.1. The van der Waals surface area contributed by atoms with Gasteiger partial charge < -0.3 is 9.84 Å². The van der Waals surface area contributed by atoms with Gasteiger partial charge >= 0.3 is 11.7 Å². The van der Waals surface area contributed by atoms with Crippen molar-refractivity contribution in [1.82, 2.24) is 9.13 Å². The van der Waals surface area contributed by atoms with Crippen LogP contribution in [0.1, 0.15) is 24.2 Å². The minimum absolute atomic E-state index is 0.0531. The molecule has 0 saturated heterocycles. The van der Waals surface area contributed by atoms with Crippen molar-refractivity contribution in [3.63, 3.8) is 0 Å². The van der Waals surface area contributed by atoms with Crippen molar-refractivity contribution in [3.05, 3.63) is 62.7 Å². The minimum atomic E-state index is -1.45. The molecule has 0 spiro atoms. The van der Waals surface area contributed by atoms with Gasteiger partial charge in [-0.3, -0.25) is 9.36 Å². The smallest absolute Gasteiger partial charge is 0.342 e. The molecule has 24 heavy (non-hydrogen) atoms. The molecule has 0 bridgehead atoms. The summed E-state index contributed by atoms with van der Waals surface area (Å²) in [5, 5.41) is 9.19. The van der Waals surface area contributed by atoms with Gasteiger partial charge in [0.1, 0.15) is 11.4 Å². The predicted molar refractivity (Wildman–Crippen MR) is 84.3 cm³/mol. The van der Waals surface area contributed by atoms with Crippen LogP contribution in [-0.4, -0.2) is 32.9 Å². The largest absolute Gasteiger partial charge is 0.477 e. The highest BCUT2D eigenvalue weighted by molar-refractivity contribution is 5.86. The van der Waals surface area contributed by atoms with Gasteiger partial charge in [-0.15, -0.1) is 0 Å². The zero-order chi connectivity index (χ0) is 17.9. The molecule has 7 nitrogen and oxygen atoms in total. The van der Waals surface area contributed by atoms with Gasteiger partial charge in [-0.25, -0.2) is 18.5 Å². The number of benzene rings is 1. The van der Waals surface area contributed by atoms with Crippen molar-refractivity contribution in [2.24, 2.45) is 0 Å². The summed E-state index contributed by atoms with van der Waals surface area (Å²) in [5.74, 6) is -1.98. The number of aromatic carboxylic acids is 1. The van der Waals surface area contributed by atoms with E-state index in [9.17, 15) is 23.9 Å². The van der Waals surface area contributed by atoms with Crippen molar-refractivity contribution in [1.29, 1.82) is 0 Å². The molecular weight excluding hydrogens is 319 g/mol. The van der Waals surface area contributed by atoms with Crippen molar-refractivity contribution in [3.8, 4) is 5.69 Å². The van der Waals surface area contributed by atoms with Crippen LogP contribution in [0.4, 0.5) is 4.39 Å². The number of ether oxygens (including phenoxy) is 1. The predicted octanol–water partition coefficient (Wildman–Crippen LogP) is 1.26. The molecule has 1 N–H and O–H groups in total. The van der Waals surface area contributed by atoms with E-state index in [4.69, 9.17) is 4.74 Å². The summed E-state index contributed by atoms with van der Waals surface area (Å²) < 4.78 is 20.2. The van der Waals surface area contributed by atoms with Gasteiger partial charge in [-0.2, -0.15) is 0 Å². The average Bonchev–Trinajstić information content (AvgIpc) is 2.50. The Kier molecular flexibility index (Phi) is 5.30. The molecule has 1 heterocycles. The number of nitrogens with zero attached hydrogens (tertiary/aromatic N) is 2. The molecular formula is C16H17FN2O5. The topological polar surface area (TPSA) is 90.5 Å². The summed E-state index contributed by atoms with van der Waals surface area (Å²) in [6, 6.07) is 4.64. The maximum atomic E-state index is 13.1. The minimum Gasteiger partial charge on any atom is -0.477 e. The molecule has 2 rings (SSSR count). The van der Waals surface area contributed by atoms with Crippen LogP contribution in [0.3, 0.4) is 0 Å². The molecule has 8 heteroatoms. The van der Waals surface area contributed by atoms with Crippen LogP contribution >= 0.6 is 0 Å². The van der Waals surface area contributed by atoms with Crippen molar-refractivity contribution >= 4 is 5.97 Å². The quantitative estimate of drug-likeness (QED) is 0.858. The van der Waals surface area contributed by atoms with Crippen LogP contribution < -0.4 is 11.2 Å². The zero-order valence-corrected chi connectivity index (χ0v) is 13.2. The Hall–Kier alpha value is -2.74. The molecule has 0 aliphatic heterocycles. The van der Waals surface area contributed by atoms with Gasteiger partial charge in [0.05, 0.1) is 24.9 Å². The summed E-state index contributed by atoms with van der Waals surface area (Å²) in [5.41, 5.74) is -2.15. The SMILES string of the molecule is CC(C)OCCn1cc(C(=O)O)c(=O)n(-c2ccc(F)cc2)c1=O. The lowest BCUT2D eigenvalue weighted by Crippen LogP contribution is -2.41. The van der Waals surface area contributed by atoms with Crippen molar-refractivity contribution in [2.45, 2.75) is 26.5 Å². The molecule has 0 fully saturated rings. The van der Waals surface area contributed by atoms with E-state index >= 15 is 0 Å². The number of rotatable bonds is 6. The molecule has 0 aliphatic carbocycles. The van der Waals surface area contributed by atoms with E-state index in [1.807, 2.05) is 13.8 Å². The number of carboxylic acid groups (broad SMARTS) is 1. The normalized spacial score (nSPS) is 11.0. The molecule has 0 unspecified atom stereocenters. The van der Waals surface area contributed by atoms with E-state index in [0.29, 0.717) is 4.57 Å². The van der Waals surface area contributed by atoms with Crippen molar-refractivity contribution < 1.29 is 19.0 Å². The number of hydrogen-bond acceptors (Lipinski definition) is 4. The Bertz CT molecular complexity index is 852. The van der Waals surface area contributed by atoms with Crippen molar-refractivity contribution in [2.75, 3.05) is 6.61 Å². The Labute approximate surface area is 136 Å². The third-order valence-corrected chi connectivity index (χ3v) is 3.25. The highest BCUT2D eigenvalue weighted by atomic mass is 19.1. The Morgan fingerprint density at radius 3 is 2.42 bits per heavy atom. The molecule has 0 saturated carbocycles. The first-order valence-corrected chi connectivity index (χ1v) is 7.28. The van der Waals surface area contributed by atoms with Crippen LogP contribution in [0.5, 0.6) is 0 Å². The first-order chi connectivity index (χ1) is 11.3. The second-order valence-corrected chi connectivity index (χ2v) is 5.36. The molecule has 0 amide bonds. The maximum Gasteiger partial charge on any atom is 0.342 e. The fourth-order valence-electron chi connectivity index (χ4n) is 2.11. The van der Waals surface area contributed by atoms with Crippen LogP contribution in [0.15, 0.2) is 40.1 Å². The summed E-state index contributed by atoms with van der Waals surface area (Å²) >= 11 is 0. The Morgan fingerprint density at radius 2 is 1.88 bits per heavy atom. The highest BCUT2D eigenvalue weighted by Gasteiger charge is 2.17. The zero-order valence-electron chi connectivity index (χ0n) is 13.2. The number of carbonyl (C=O) groups is 1. The third-order valence-electron chi connectivity index (χ3n) is 3.25. The maximum absolute atomic E-state index is 13.1. The van der Waals surface area contributed by atoms with E-state index in [0.717, 1.165) is 22.9 Å². The second-order valence-electron chi connectivity index (χ2n) is 5.36. The summed E-state index contributed by atoms with van der Waals surface area (Å²) in [6.45, 7) is 3.91. The number of carboxylic acids is 1. The molecule has 1 aromatic carbocycles. The molecule has 2 aromatic rings. The number of hydrogen-bond donors (Lipinski definition) is 1. The van der Waals surface area contributed by atoms with Gasteiger partial charge in [-0.1, -0.05) is 0 Å². The van der Waals surface area contributed by atoms with Gasteiger partial charge in [0.25, 0.3) is 5.56 Å². The fourth-order valence-corrected chi connectivity index (χ4v) is 2.11. The van der Waals surface area contributed by atoms with E-state index < -0.39 is 28.6 Å². The average molecular weight is 336 g/mol. The first kappa shape index (κ1) is 17.6. The van der Waals surface area contributed by atoms with Gasteiger partial charge in [-0.05, 0) is 38.1 Å². The Balaban J connectivity index is 2.58. The van der Waals surface area contributed by atoms with E-state index in [1.165, 1.54) is 12.1 Å². The molecule has 0 atom stereocenters. The number of halogens is 1. The highest BCUT2D eigenvalue weighted by Crippen LogP contribution is 2.05. The van der Waals surface area contributed by atoms with Crippen LogP contribution in [0.25, 0.3) is 5.69 Å². The lowest BCUT2D eigenvalue weighted by molar-refractivity contribution is 0.0678. The number of aromatic nitrogens is 2. The van der Waals surface area contributed by atoms with Crippen LogP contribution in [0.2, 0.25) is 0 Å². The van der Waals surface area contributed by atoms with Gasteiger partial charge in [0.15, 0.2) is 0 Å². The lowest BCUT2D eigenvalue weighted by Gasteiger charge is -2.13. The Morgan fingerprint density at radius 1 is 1.25 bits per heavy atom. The molecule has 0 radical (unpaired) electrons.